The number of hydrogen-bond acceptors (Lipinski definition) is 4. The minimum Gasteiger partial charge on any atom is -0.394 e. The monoisotopic (exact) mass is 396 g/mol. The number of nitrogens with one attached hydrogen (secondary N) is 2. The lowest BCUT2D eigenvalue weighted by atomic mass is 10.1. The third-order valence-electron chi connectivity index (χ3n) is 4.06. The molecule has 0 heterocycles. The Morgan fingerprint density at radius 3 is 2.57 bits per heavy atom. The maximum absolute atomic E-state index is 14.4. The molecule has 0 bridgehead atoms. The van der Waals surface area contributed by atoms with Crippen LogP contribution >= 0.6 is 0 Å². The molecule has 2 aromatic carbocycles. The number of hydrogen-bond donors (Lipinski definition) is 3. The summed E-state index contributed by atoms with van der Waals surface area (Å²) in [5, 5.41) is 11.1. The van der Waals surface area contributed by atoms with E-state index in [-0.39, 0.29) is 24.5 Å². The molecule has 0 atom stereocenters. The first-order chi connectivity index (χ1) is 13.5. The van der Waals surface area contributed by atoms with Gasteiger partial charge in [-0.1, -0.05) is 25.8 Å². The predicted octanol–water partition coefficient (Wildman–Crippen LogP) is 4.23. The zero-order valence-corrected chi connectivity index (χ0v) is 15.5. The fraction of sp³-hybridized carbons (Fsp3) is 0.350. The first-order valence-electron chi connectivity index (χ1n) is 9.04. The van der Waals surface area contributed by atoms with Crippen molar-refractivity contribution in [1.29, 1.82) is 0 Å². The van der Waals surface area contributed by atoms with E-state index in [1.807, 2.05) is 5.48 Å². The molecule has 1 amide bonds. The zero-order valence-electron chi connectivity index (χ0n) is 15.5. The Morgan fingerprint density at radius 2 is 1.89 bits per heavy atom. The summed E-state index contributed by atoms with van der Waals surface area (Å²) in [7, 11) is 0. The standard InChI is InChI=1S/C20H23F3N2O3/c1-2-3-4-5-13-6-9-17(16(22)12-13)24-19-14(7-8-15(21)18(19)23)20(27)25-28-11-10-26/h6-9,12,24,26H,2-5,10-11H2,1H3,(H,25,27). The van der Waals surface area contributed by atoms with Crippen molar-refractivity contribution in [1.82, 2.24) is 5.48 Å². The number of unbranched alkanes of at least 4 members (excludes halogenated alkanes) is 2. The summed E-state index contributed by atoms with van der Waals surface area (Å²) in [5.41, 5.74) is 1.93. The van der Waals surface area contributed by atoms with Gasteiger partial charge >= 0.3 is 0 Å². The fourth-order valence-corrected chi connectivity index (χ4v) is 2.61. The predicted molar refractivity (Wildman–Crippen MR) is 99.8 cm³/mol. The fourth-order valence-electron chi connectivity index (χ4n) is 2.61. The zero-order chi connectivity index (χ0) is 20.5. The second-order valence-corrected chi connectivity index (χ2v) is 6.18. The molecule has 0 aromatic heterocycles. The highest BCUT2D eigenvalue weighted by molar-refractivity contribution is 5.99. The molecule has 152 valence electrons. The number of aliphatic hydroxyl groups is 1. The molecule has 3 N–H and O–H groups in total. The van der Waals surface area contributed by atoms with Crippen LogP contribution in [0.2, 0.25) is 0 Å². The maximum atomic E-state index is 14.4. The number of benzene rings is 2. The molecular formula is C20H23F3N2O3. The highest BCUT2D eigenvalue weighted by Crippen LogP contribution is 2.28. The van der Waals surface area contributed by atoms with Crippen LogP contribution in [0.15, 0.2) is 30.3 Å². The van der Waals surface area contributed by atoms with Crippen LogP contribution in [0.4, 0.5) is 24.5 Å². The van der Waals surface area contributed by atoms with Crippen molar-refractivity contribution < 1.29 is 27.9 Å². The highest BCUT2D eigenvalue weighted by atomic mass is 19.2. The van der Waals surface area contributed by atoms with Gasteiger partial charge in [-0.25, -0.2) is 18.7 Å². The van der Waals surface area contributed by atoms with Crippen LogP contribution in [-0.4, -0.2) is 24.2 Å². The van der Waals surface area contributed by atoms with Gasteiger partial charge in [-0.2, -0.15) is 0 Å². The highest BCUT2D eigenvalue weighted by Gasteiger charge is 2.20. The largest absolute Gasteiger partial charge is 0.394 e. The van der Waals surface area contributed by atoms with Gasteiger partial charge in [-0.3, -0.25) is 9.63 Å². The van der Waals surface area contributed by atoms with Gasteiger partial charge in [0.2, 0.25) is 0 Å². The van der Waals surface area contributed by atoms with Crippen LogP contribution in [0.5, 0.6) is 0 Å². The smallest absolute Gasteiger partial charge is 0.277 e. The number of hydroxylamine groups is 1. The topological polar surface area (TPSA) is 70.6 Å². The summed E-state index contributed by atoms with van der Waals surface area (Å²) in [5.74, 6) is -4.01. The van der Waals surface area contributed by atoms with Crippen LogP contribution in [0.3, 0.4) is 0 Å². The second-order valence-electron chi connectivity index (χ2n) is 6.18. The van der Waals surface area contributed by atoms with Gasteiger partial charge in [-0.15, -0.1) is 0 Å². The molecule has 2 aromatic rings. The Morgan fingerprint density at radius 1 is 1.11 bits per heavy atom. The Balaban J connectivity index is 2.24. The van der Waals surface area contributed by atoms with E-state index in [1.54, 1.807) is 6.07 Å². The van der Waals surface area contributed by atoms with Gasteiger partial charge in [0, 0.05) is 0 Å². The molecule has 0 spiro atoms. The molecule has 8 heteroatoms. The van der Waals surface area contributed by atoms with E-state index in [9.17, 15) is 18.0 Å². The normalized spacial score (nSPS) is 10.8. The number of halogens is 3. The molecule has 0 aliphatic rings. The number of carbonyl (C=O) groups excluding carboxylic acids is 1. The van der Waals surface area contributed by atoms with E-state index >= 15 is 0 Å². The Bertz CT molecular complexity index is 816. The van der Waals surface area contributed by atoms with E-state index in [2.05, 4.69) is 12.2 Å². The van der Waals surface area contributed by atoms with Crippen LogP contribution in [0.1, 0.15) is 42.1 Å². The third-order valence-corrected chi connectivity index (χ3v) is 4.06. The van der Waals surface area contributed by atoms with Gasteiger partial charge in [0.1, 0.15) is 5.82 Å². The Hall–Kier alpha value is -2.58. The van der Waals surface area contributed by atoms with Crippen molar-refractivity contribution in [2.75, 3.05) is 18.5 Å². The van der Waals surface area contributed by atoms with E-state index < -0.39 is 29.0 Å². The van der Waals surface area contributed by atoms with Crippen molar-refractivity contribution in [3.63, 3.8) is 0 Å². The summed E-state index contributed by atoms with van der Waals surface area (Å²) in [6.45, 7) is 1.56. The van der Waals surface area contributed by atoms with Gasteiger partial charge < -0.3 is 10.4 Å². The van der Waals surface area contributed by atoms with Crippen molar-refractivity contribution in [2.45, 2.75) is 32.6 Å². The first-order valence-corrected chi connectivity index (χ1v) is 9.04. The number of anilines is 2. The Labute approximate surface area is 161 Å². The lowest BCUT2D eigenvalue weighted by Crippen LogP contribution is -2.26. The number of carbonyl (C=O) groups is 1. The summed E-state index contributed by atoms with van der Waals surface area (Å²) in [6, 6.07) is 6.29. The van der Waals surface area contributed by atoms with Gasteiger partial charge in [-0.05, 0) is 42.7 Å². The lowest BCUT2D eigenvalue weighted by molar-refractivity contribution is 0.0168. The number of aliphatic hydroxyl groups excluding tert-OH is 1. The quantitative estimate of drug-likeness (QED) is 0.415. The molecule has 0 radical (unpaired) electrons. The minimum absolute atomic E-state index is 0.0888. The second kappa shape index (κ2) is 10.7. The summed E-state index contributed by atoms with van der Waals surface area (Å²) in [6.07, 6.45) is 3.73. The first kappa shape index (κ1) is 21.7. The molecule has 0 saturated carbocycles. The van der Waals surface area contributed by atoms with Gasteiger partial charge in [0.05, 0.1) is 30.2 Å². The average molecular weight is 396 g/mol. The van der Waals surface area contributed by atoms with E-state index in [4.69, 9.17) is 9.94 Å². The molecular weight excluding hydrogens is 373 g/mol. The van der Waals surface area contributed by atoms with Crippen molar-refractivity contribution in [3.8, 4) is 0 Å². The number of rotatable bonds is 10. The molecule has 0 unspecified atom stereocenters. The minimum atomic E-state index is -1.32. The summed E-state index contributed by atoms with van der Waals surface area (Å²) in [4.78, 5) is 16.8. The van der Waals surface area contributed by atoms with E-state index in [0.29, 0.717) is 0 Å². The molecule has 0 aliphatic carbocycles. The lowest BCUT2D eigenvalue weighted by Gasteiger charge is -2.14. The number of aryl methyl sites for hydroxylation is 1. The Kier molecular flexibility index (Phi) is 8.28. The van der Waals surface area contributed by atoms with E-state index in [1.165, 1.54) is 12.1 Å². The average Bonchev–Trinajstić information content (AvgIpc) is 2.67. The van der Waals surface area contributed by atoms with Crippen molar-refractivity contribution in [3.05, 3.63) is 58.9 Å². The van der Waals surface area contributed by atoms with E-state index in [0.717, 1.165) is 43.4 Å². The van der Waals surface area contributed by atoms with Crippen molar-refractivity contribution >= 4 is 17.3 Å². The molecule has 0 fully saturated rings. The summed E-state index contributed by atoms with van der Waals surface area (Å²) >= 11 is 0. The van der Waals surface area contributed by atoms with Crippen LogP contribution < -0.4 is 10.8 Å². The molecule has 0 saturated heterocycles. The van der Waals surface area contributed by atoms with Gasteiger partial charge in [0.15, 0.2) is 11.6 Å². The molecule has 0 aliphatic heterocycles. The maximum Gasteiger partial charge on any atom is 0.277 e. The van der Waals surface area contributed by atoms with Crippen LogP contribution in [0.25, 0.3) is 0 Å². The van der Waals surface area contributed by atoms with Crippen LogP contribution in [0, 0.1) is 17.5 Å². The SMILES string of the molecule is CCCCCc1ccc(Nc2c(C(=O)NOCCO)ccc(F)c2F)c(F)c1. The van der Waals surface area contributed by atoms with Crippen molar-refractivity contribution in [2.24, 2.45) is 0 Å². The molecule has 5 nitrogen and oxygen atoms in total. The molecule has 28 heavy (non-hydrogen) atoms. The van der Waals surface area contributed by atoms with Gasteiger partial charge in [0.25, 0.3) is 5.91 Å². The number of amides is 1. The third kappa shape index (κ3) is 5.71. The van der Waals surface area contributed by atoms with Crippen LogP contribution in [-0.2, 0) is 11.3 Å². The summed E-state index contributed by atoms with van der Waals surface area (Å²) < 4.78 is 42.4. The molecule has 2 rings (SSSR count).